The highest BCUT2D eigenvalue weighted by molar-refractivity contribution is 6.46. The lowest BCUT2D eigenvalue weighted by atomic mass is 9.69. The molecule has 1 aliphatic heterocycles. The fourth-order valence-corrected chi connectivity index (χ4v) is 7.01. The van der Waals surface area contributed by atoms with Gasteiger partial charge in [0.1, 0.15) is 11.4 Å². The van der Waals surface area contributed by atoms with E-state index in [1.54, 1.807) is 18.3 Å². The van der Waals surface area contributed by atoms with Crippen LogP contribution in [0.5, 0.6) is 0 Å². The molecule has 3 aliphatic rings. The number of carbonyl (C=O) groups is 3. The quantitative estimate of drug-likeness (QED) is 0.292. The monoisotopic (exact) mass is 614 g/mol. The van der Waals surface area contributed by atoms with Gasteiger partial charge in [-0.2, -0.15) is 0 Å². The van der Waals surface area contributed by atoms with E-state index in [-0.39, 0.29) is 41.7 Å². The minimum absolute atomic E-state index is 0.0339. The molecule has 8 nitrogen and oxygen atoms in total. The van der Waals surface area contributed by atoms with Crippen LogP contribution in [0.2, 0.25) is 0 Å². The van der Waals surface area contributed by atoms with Crippen molar-refractivity contribution in [2.24, 2.45) is 21.7 Å². The number of pyridine rings is 1. The summed E-state index contributed by atoms with van der Waals surface area (Å²) in [4.78, 5) is 50.3. The van der Waals surface area contributed by atoms with Crippen LogP contribution in [0.1, 0.15) is 138 Å². The number of aliphatic carboxylic acids is 1. The minimum Gasteiger partial charge on any atom is -0.481 e. The largest absolute Gasteiger partial charge is 0.481 e. The van der Waals surface area contributed by atoms with E-state index in [2.05, 4.69) is 62.8 Å². The first-order chi connectivity index (χ1) is 21.2. The maximum atomic E-state index is 14.7. The van der Waals surface area contributed by atoms with Gasteiger partial charge < -0.3 is 15.3 Å². The summed E-state index contributed by atoms with van der Waals surface area (Å²) >= 11 is 0. The minimum atomic E-state index is -0.954. The van der Waals surface area contributed by atoms with Gasteiger partial charge in [0.2, 0.25) is 0 Å². The molecule has 1 aromatic heterocycles. The average Bonchev–Trinajstić information content (AvgIpc) is 3.79. The molecule has 2 fully saturated rings. The molecule has 2 heterocycles. The van der Waals surface area contributed by atoms with Gasteiger partial charge in [-0.05, 0) is 103 Å². The third-order valence-corrected chi connectivity index (χ3v) is 9.94. The number of aliphatic imine (C=N–C) groups is 1. The van der Waals surface area contributed by atoms with Crippen LogP contribution < -0.4 is 5.32 Å². The Labute approximate surface area is 268 Å². The fourth-order valence-electron chi connectivity index (χ4n) is 7.01. The Morgan fingerprint density at radius 2 is 1.69 bits per heavy atom. The van der Waals surface area contributed by atoms with Crippen LogP contribution in [0.4, 0.5) is 0 Å². The number of amides is 2. The molecule has 2 aliphatic carbocycles. The van der Waals surface area contributed by atoms with Gasteiger partial charge >= 0.3 is 5.97 Å². The van der Waals surface area contributed by atoms with Crippen molar-refractivity contribution >= 4 is 23.5 Å². The number of aromatic nitrogens is 1. The van der Waals surface area contributed by atoms with Gasteiger partial charge in [0, 0.05) is 30.1 Å². The van der Waals surface area contributed by atoms with Crippen molar-refractivity contribution in [2.75, 3.05) is 6.54 Å². The summed E-state index contributed by atoms with van der Waals surface area (Å²) in [6, 6.07) is 9.38. The molecule has 0 saturated heterocycles. The molecule has 0 bridgehead atoms. The average molecular weight is 615 g/mol. The molecule has 2 aromatic rings. The van der Waals surface area contributed by atoms with Gasteiger partial charge in [-0.25, -0.2) is 0 Å². The second-order valence-corrected chi connectivity index (χ2v) is 15.7. The van der Waals surface area contributed by atoms with Crippen LogP contribution in [0, 0.1) is 16.7 Å². The van der Waals surface area contributed by atoms with Gasteiger partial charge in [0.15, 0.2) is 0 Å². The predicted octanol–water partition coefficient (Wildman–Crippen LogP) is 7.30. The molecule has 2 N–H and O–H groups in total. The molecule has 0 radical (unpaired) electrons. The molecule has 2 amide bonds. The van der Waals surface area contributed by atoms with Crippen molar-refractivity contribution in [1.82, 2.24) is 15.2 Å². The highest BCUT2D eigenvalue weighted by atomic mass is 16.4. The summed E-state index contributed by atoms with van der Waals surface area (Å²) in [6.45, 7) is 13.7. The first kappa shape index (κ1) is 32.8. The molecular formula is C37H50N4O4. The number of nitrogens with zero attached hydrogens (tertiary/aromatic N) is 3. The number of hydrogen-bond acceptors (Lipinski definition) is 5. The maximum Gasteiger partial charge on any atom is 0.305 e. The normalized spacial score (nSPS) is 22.8. The molecule has 1 atom stereocenters. The van der Waals surface area contributed by atoms with Crippen LogP contribution in [-0.4, -0.2) is 50.7 Å². The second kappa shape index (κ2) is 12.7. The molecule has 8 heteroatoms. The number of hydrogen-bond donors (Lipinski definition) is 2. The third kappa shape index (κ3) is 7.64. The van der Waals surface area contributed by atoms with E-state index in [1.165, 1.54) is 5.56 Å². The Balaban J connectivity index is 1.51. The van der Waals surface area contributed by atoms with Crippen LogP contribution >= 0.6 is 0 Å². The number of nitrogens with one attached hydrogen (secondary N) is 1. The van der Waals surface area contributed by atoms with E-state index < -0.39 is 11.6 Å². The van der Waals surface area contributed by atoms with Gasteiger partial charge in [-0.15, -0.1) is 0 Å². The lowest BCUT2D eigenvalue weighted by Crippen LogP contribution is -2.51. The van der Waals surface area contributed by atoms with Crippen molar-refractivity contribution in [3.05, 3.63) is 65.0 Å². The van der Waals surface area contributed by atoms with E-state index in [0.717, 1.165) is 62.5 Å². The molecule has 2 saturated carbocycles. The highest BCUT2D eigenvalue weighted by Crippen LogP contribution is 2.50. The predicted molar refractivity (Wildman–Crippen MR) is 176 cm³/mol. The summed E-state index contributed by atoms with van der Waals surface area (Å²) in [7, 11) is 0. The van der Waals surface area contributed by atoms with Crippen LogP contribution in [0.15, 0.2) is 47.7 Å². The van der Waals surface area contributed by atoms with E-state index in [0.29, 0.717) is 23.1 Å². The van der Waals surface area contributed by atoms with Crippen molar-refractivity contribution in [2.45, 2.75) is 117 Å². The van der Waals surface area contributed by atoms with Crippen LogP contribution in [-0.2, 0) is 9.59 Å². The van der Waals surface area contributed by atoms with Crippen molar-refractivity contribution in [3.8, 4) is 0 Å². The van der Waals surface area contributed by atoms with E-state index in [4.69, 9.17) is 10.1 Å². The van der Waals surface area contributed by atoms with Crippen molar-refractivity contribution in [3.63, 3.8) is 0 Å². The van der Waals surface area contributed by atoms with Gasteiger partial charge in [0.25, 0.3) is 11.8 Å². The third-order valence-electron chi connectivity index (χ3n) is 9.94. The standard InChI is InChI=1S/C37H50N4O4/c1-35(2,3)17-15-30(25-9-11-26(12-10-25)33(44)39-20-16-31(42)43)41-34(45)32(28-21-27(22-38-23-28)24-7-8-24)40-37(41)18-13-29(14-19-37)36(4,5)6/h9-12,21-24,29-30H,7-8,13-20H2,1-6H3,(H,39,44)(H,42,43)/t29?,30-,37?/m1/s1. The SMILES string of the molecule is CC(C)(C)CC[C@H](c1ccc(C(=O)NCCC(=O)O)cc1)N1C(=O)C(c2cncc(C3CC3)c2)=NC12CCC(C(C)(C)C)CC2. The Morgan fingerprint density at radius 3 is 2.27 bits per heavy atom. The first-order valence-corrected chi connectivity index (χ1v) is 16.7. The van der Waals surface area contributed by atoms with Crippen molar-refractivity contribution in [1.29, 1.82) is 0 Å². The zero-order valence-corrected chi connectivity index (χ0v) is 27.9. The van der Waals surface area contributed by atoms with Crippen LogP contribution in [0.3, 0.4) is 0 Å². The second-order valence-electron chi connectivity index (χ2n) is 15.7. The summed E-state index contributed by atoms with van der Waals surface area (Å²) in [5, 5.41) is 11.6. The Kier molecular flexibility index (Phi) is 9.25. The highest BCUT2D eigenvalue weighted by Gasteiger charge is 2.53. The van der Waals surface area contributed by atoms with Gasteiger partial charge in [-0.3, -0.25) is 24.4 Å². The number of benzene rings is 1. The summed E-state index contributed by atoms with van der Waals surface area (Å²) < 4.78 is 0. The fraction of sp³-hybridized carbons (Fsp3) is 0.595. The zero-order valence-electron chi connectivity index (χ0n) is 27.9. The molecular weight excluding hydrogens is 564 g/mol. The number of carboxylic acids is 1. The lowest BCUT2D eigenvalue weighted by Gasteiger charge is -2.47. The number of carbonyl (C=O) groups excluding carboxylic acids is 2. The van der Waals surface area contributed by atoms with E-state index in [1.807, 2.05) is 18.3 Å². The lowest BCUT2D eigenvalue weighted by molar-refractivity contribution is -0.137. The maximum absolute atomic E-state index is 14.7. The summed E-state index contributed by atoms with van der Waals surface area (Å²) in [5.74, 6) is -0.206. The molecule has 0 unspecified atom stereocenters. The Hall–Kier alpha value is -3.55. The smallest absolute Gasteiger partial charge is 0.305 e. The Morgan fingerprint density at radius 1 is 1.02 bits per heavy atom. The van der Waals surface area contributed by atoms with Crippen LogP contribution in [0.25, 0.3) is 0 Å². The molecule has 242 valence electrons. The van der Waals surface area contributed by atoms with E-state index in [9.17, 15) is 14.4 Å². The van der Waals surface area contributed by atoms with E-state index >= 15 is 0 Å². The molecule has 5 rings (SSSR count). The topological polar surface area (TPSA) is 112 Å². The Bertz CT molecular complexity index is 1440. The molecule has 1 aromatic carbocycles. The summed E-state index contributed by atoms with van der Waals surface area (Å²) in [6.07, 6.45) is 11.2. The zero-order chi connectivity index (χ0) is 32.6. The van der Waals surface area contributed by atoms with Crippen molar-refractivity contribution < 1.29 is 19.5 Å². The summed E-state index contributed by atoms with van der Waals surface area (Å²) in [5.41, 5.74) is 3.60. The van der Waals surface area contributed by atoms with Gasteiger partial charge in [-0.1, -0.05) is 53.7 Å². The first-order valence-electron chi connectivity index (χ1n) is 16.7. The number of carboxylic acid groups (broad SMARTS) is 1. The van der Waals surface area contributed by atoms with Gasteiger partial charge in [0.05, 0.1) is 12.5 Å². The molecule has 1 spiro atoms. The number of rotatable bonds is 10. The molecule has 45 heavy (non-hydrogen) atoms.